The van der Waals surface area contributed by atoms with Crippen LogP contribution in [0.4, 0.5) is 0 Å². The van der Waals surface area contributed by atoms with Crippen molar-refractivity contribution in [2.45, 2.75) is 32.2 Å². The molecule has 0 aliphatic carbocycles. The van der Waals surface area contributed by atoms with Gasteiger partial charge in [-0.3, -0.25) is 0 Å². The molecule has 1 rings (SSSR count). The first-order valence-corrected chi connectivity index (χ1v) is 5.64. The number of nitrogens with one attached hydrogen (secondary N) is 1. The number of amidine groups is 1. The van der Waals surface area contributed by atoms with Gasteiger partial charge >= 0.3 is 0 Å². The molecule has 1 unspecified atom stereocenters. The number of rotatable bonds is 6. The highest BCUT2D eigenvalue weighted by atomic mass is 16.4. The lowest BCUT2D eigenvalue weighted by Gasteiger charge is -2.21. The molecule has 0 aromatic heterocycles. The van der Waals surface area contributed by atoms with Crippen molar-refractivity contribution in [2.24, 2.45) is 10.9 Å². The fourth-order valence-corrected chi connectivity index (χ4v) is 1.91. The number of hydrogen-bond acceptors (Lipinski definition) is 4. The van der Waals surface area contributed by atoms with E-state index in [0.717, 1.165) is 13.1 Å². The number of likely N-dealkylation sites (tertiary alicyclic amines) is 1. The average Bonchev–Trinajstić information content (AvgIpc) is 2.70. The van der Waals surface area contributed by atoms with E-state index in [1.54, 1.807) is 0 Å². The minimum Gasteiger partial charge on any atom is -0.409 e. The van der Waals surface area contributed by atoms with E-state index in [9.17, 15) is 0 Å². The summed E-state index contributed by atoms with van der Waals surface area (Å²) in [5.74, 6) is 0.288. The largest absolute Gasteiger partial charge is 0.409 e. The molecule has 1 fully saturated rings. The van der Waals surface area contributed by atoms with Crippen LogP contribution in [0.25, 0.3) is 0 Å². The summed E-state index contributed by atoms with van der Waals surface area (Å²) in [6, 6.07) is 0.467. The molecule has 1 heterocycles. The highest BCUT2D eigenvalue weighted by Crippen LogP contribution is 2.07. The first-order valence-electron chi connectivity index (χ1n) is 5.64. The smallest absolute Gasteiger partial charge is 0.140 e. The van der Waals surface area contributed by atoms with E-state index in [1.807, 2.05) is 0 Å². The molecule has 1 saturated heterocycles. The molecule has 1 aliphatic heterocycles. The molecule has 0 saturated carbocycles. The zero-order valence-corrected chi connectivity index (χ0v) is 9.45. The first-order chi connectivity index (χ1) is 7.22. The van der Waals surface area contributed by atoms with Crippen molar-refractivity contribution in [1.82, 2.24) is 10.2 Å². The quantitative estimate of drug-likeness (QED) is 0.255. The number of nitrogens with two attached hydrogens (primary N) is 1. The van der Waals surface area contributed by atoms with E-state index in [0.29, 0.717) is 12.5 Å². The molecular weight excluding hydrogens is 192 g/mol. The molecule has 0 amide bonds. The minimum atomic E-state index is 0.288. The minimum absolute atomic E-state index is 0.288. The van der Waals surface area contributed by atoms with Gasteiger partial charge in [0.1, 0.15) is 5.84 Å². The molecule has 5 heteroatoms. The van der Waals surface area contributed by atoms with Crippen LogP contribution in [0.3, 0.4) is 0 Å². The predicted molar refractivity (Wildman–Crippen MR) is 61.2 cm³/mol. The van der Waals surface area contributed by atoms with Crippen LogP contribution < -0.4 is 11.1 Å². The van der Waals surface area contributed by atoms with Crippen molar-refractivity contribution in [3.8, 4) is 0 Å². The number of oxime groups is 1. The molecule has 88 valence electrons. The van der Waals surface area contributed by atoms with Crippen molar-refractivity contribution >= 4 is 5.84 Å². The van der Waals surface area contributed by atoms with Crippen molar-refractivity contribution in [2.75, 3.05) is 26.2 Å². The highest BCUT2D eigenvalue weighted by Gasteiger charge is 2.13. The third-order valence-electron chi connectivity index (χ3n) is 2.73. The summed E-state index contributed by atoms with van der Waals surface area (Å²) in [5, 5.41) is 14.7. The van der Waals surface area contributed by atoms with E-state index in [4.69, 9.17) is 10.9 Å². The van der Waals surface area contributed by atoms with Gasteiger partial charge in [-0.15, -0.1) is 0 Å². The summed E-state index contributed by atoms with van der Waals surface area (Å²) in [4.78, 5) is 2.47. The molecule has 0 radical (unpaired) electrons. The van der Waals surface area contributed by atoms with Gasteiger partial charge in [0.15, 0.2) is 0 Å². The molecule has 5 nitrogen and oxygen atoms in total. The maximum absolute atomic E-state index is 8.36. The van der Waals surface area contributed by atoms with Crippen molar-refractivity contribution < 1.29 is 5.21 Å². The lowest BCUT2D eigenvalue weighted by Crippen LogP contribution is -2.39. The van der Waals surface area contributed by atoms with E-state index in [-0.39, 0.29) is 5.84 Å². The Bertz CT molecular complexity index is 202. The summed E-state index contributed by atoms with van der Waals surface area (Å²) >= 11 is 0. The Morgan fingerprint density at radius 2 is 2.20 bits per heavy atom. The van der Waals surface area contributed by atoms with Gasteiger partial charge in [-0.05, 0) is 32.9 Å². The van der Waals surface area contributed by atoms with E-state index >= 15 is 0 Å². The lowest BCUT2D eigenvalue weighted by molar-refractivity contribution is 0.299. The second-order valence-electron chi connectivity index (χ2n) is 4.20. The molecule has 4 N–H and O–H groups in total. The summed E-state index contributed by atoms with van der Waals surface area (Å²) < 4.78 is 0. The fourth-order valence-electron chi connectivity index (χ4n) is 1.91. The van der Waals surface area contributed by atoms with Crippen LogP contribution in [0, 0.1) is 0 Å². The zero-order valence-electron chi connectivity index (χ0n) is 9.45. The summed E-state index contributed by atoms with van der Waals surface area (Å²) in [6.45, 7) is 6.49. The molecule has 1 aliphatic rings. The van der Waals surface area contributed by atoms with E-state index < -0.39 is 0 Å². The Balaban J connectivity index is 2.05. The predicted octanol–water partition coefficient (Wildman–Crippen LogP) is 0.197. The van der Waals surface area contributed by atoms with Gasteiger partial charge in [-0.25, -0.2) is 0 Å². The Kier molecular flexibility index (Phi) is 5.42. The fraction of sp³-hybridized carbons (Fsp3) is 0.900. The van der Waals surface area contributed by atoms with Crippen LogP contribution in [0.5, 0.6) is 0 Å². The third-order valence-corrected chi connectivity index (χ3v) is 2.73. The van der Waals surface area contributed by atoms with E-state index in [1.165, 1.54) is 25.9 Å². The number of hydrogen-bond donors (Lipinski definition) is 3. The molecule has 0 bridgehead atoms. The molecule has 1 atom stereocenters. The van der Waals surface area contributed by atoms with Gasteiger partial charge in [0.2, 0.25) is 0 Å². The number of nitrogens with zero attached hydrogens (tertiary/aromatic N) is 2. The van der Waals surface area contributed by atoms with Crippen LogP contribution in [-0.4, -0.2) is 48.2 Å². The van der Waals surface area contributed by atoms with Crippen molar-refractivity contribution in [3.05, 3.63) is 0 Å². The van der Waals surface area contributed by atoms with Gasteiger partial charge in [0, 0.05) is 25.6 Å². The van der Waals surface area contributed by atoms with Crippen LogP contribution in [0.1, 0.15) is 26.2 Å². The first kappa shape index (κ1) is 12.3. The molecule has 15 heavy (non-hydrogen) atoms. The van der Waals surface area contributed by atoms with Crippen LogP contribution in [0.15, 0.2) is 5.16 Å². The van der Waals surface area contributed by atoms with Gasteiger partial charge in [-0.2, -0.15) is 0 Å². The van der Waals surface area contributed by atoms with Crippen LogP contribution >= 0.6 is 0 Å². The second kappa shape index (κ2) is 6.63. The highest BCUT2D eigenvalue weighted by molar-refractivity contribution is 5.79. The topological polar surface area (TPSA) is 73.9 Å². The molecular formula is C10H22N4O. The monoisotopic (exact) mass is 214 g/mol. The third kappa shape index (κ3) is 4.99. The SMILES string of the molecule is CC(CN1CCCC1)NCCC(N)=NO. The van der Waals surface area contributed by atoms with Gasteiger partial charge in [-0.1, -0.05) is 5.16 Å². The maximum atomic E-state index is 8.36. The van der Waals surface area contributed by atoms with Crippen molar-refractivity contribution in [1.29, 1.82) is 0 Å². The normalized spacial score (nSPS) is 20.7. The van der Waals surface area contributed by atoms with Gasteiger partial charge in [0.25, 0.3) is 0 Å². The summed E-state index contributed by atoms with van der Waals surface area (Å²) in [6.07, 6.45) is 3.26. The molecule has 0 spiro atoms. The average molecular weight is 214 g/mol. The Morgan fingerprint density at radius 3 is 2.80 bits per heavy atom. The Morgan fingerprint density at radius 1 is 1.53 bits per heavy atom. The van der Waals surface area contributed by atoms with Crippen molar-refractivity contribution in [3.63, 3.8) is 0 Å². The van der Waals surface area contributed by atoms with Crippen LogP contribution in [-0.2, 0) is 0 Å². The summed E-state index contributed by atoms with van der Waals surface area (Å²) in [7, 11) is 0. The Hall–Kier alpha value is -0.810. The second-order valence-corrected chi connectivity index (χ2v) is 4.20. The maximum Gasteiger partial charge on any atom is 0.140 e. The standard InChI is InChI=1S/C10H22N4O/c1-9(8-14-6-2-3-7-14)12-5-4-10(11)13-15/h9,12,15H,2-8H2,1H3,(H2,11,13). The van der Waals surface area contributed by atoms with Crippen LogP contribution in [0.2, 0.25) is 0 Å². The Labute approximate surface area is 91.3 Å². The molecule has 0 aromatic rings. The molecule has 0 aromatic carbocycles. The summed E-state index contributed by atoms with van der Waals surface area (Å²) in [5.41, 5.74) is 5.37. The zero-order chi connectivity index (χ0) is 11.1. The van der Waals surface area contributed by atoms with E-state index in [2.05, 4.69) is 22.3 Å². The van der Waals surface area contributed by atoms with Gasteiger partial charge < -0.3 is 21.2 Å². The lowest BCUT2D eigenvalue weighted by atomic mass is 10.3. The van der Waals surface area contributed by atoms with Gasteiger partial charge in [0.05, 0.1) is 0 Å².